The van der Waals surface area contributed by atoms with Crippen molar-refractivity contribution in [3.63, 3.8) is 0 Å². The average molecular weight is 295 g/mol. The molecular weight excluding hydrogens is 274 g/mol. The van der Waals surface area contributed by atoms with Gasteiger partial charge in [-0.1, -0.05) is 7.43 Å². The van der Waals surface area contributed by atoms with E-state index in [0.717, 1.165) is 22.6 Å². The standard InChI is InChI=1S/C8H9N5O2.C4H8O.CH4/c1-12-8(15)13(11-10-12)6-4-5(9)2-3-7(6)14;1-2-4-5-3-1;/h2-4,14H,9H2,1H3;1-4H2;1H4. The van der Waals surface area contributed by atoms with E-state index in [-0.39, 0.29) is 18.9 Å². The SMILES string of the molecule is C.C1CCOC1.Cn1nnn(-c2cc(N)ccc2O)c1=O. The zero-order valence-electron chi connectivity index (χ0n) is 11.2. The lowest BCUT2D eigenvalue weighted by molar-refractivity contribution is 0.198. The fourth-order valence-corrected chi connectivity index (χ4v) is 1.69. The number of ether oxygens (including phenoxy) is 1. The number of aromatic nitrogens is 4. The van der Waals surface area contributed by atoms with Crippen LogP contribution in [0.2, 0.25) is 0 Å². The van der Waals surface area contributed by atoms with Crippen LogP contribution in [0.15, 0.2) is 23.0 Å². The minimum atomic E-state index is -0.448. The van der Waals surface area contributed by atoms with Crippen LogP contribution in [0, 0.1) is 0 Å². The van der Waals surface area contributed by atoms with Crippen molar-refractivity contribution in [3.8, 4) is 11.4 Å². The number of aromatic hydroxyl groups is 1. The van der Waals surface area contributed by atoms with Crippen LogP contribution in [-0.4, -0.2) is 38.1 Å². The highest BCUT2D eigenvalue weighted by Crippen LogP contribution is 2.21. The molecule has 2 aromatic rings. The maximum absolute atomic E-state index is 11.5. The monoisotopic (exact) mass is 295 g/mol. The highest BCUT2D eigenvalue weighted by atomic mass is 16.5. The Balaban J connectivity index is 0.000000313. The molecule has 2 heterocycles. The van der Waals surface area contributed by atoms with Crippen LogP contribution in [0.4, 0.5) is 5.69 Å². The molecule has 0 saturated carbocycles. The van der Waals surface area contributed by atoms with E-state index in [9.17, 15) is 9.90 Å². The minimum absolute atomic E-state index is 0. The van der Waals surface area contributed by atoms with Gasteiger partial charge in [-0.3, -0.25) is 0 Å². The highest BCUT2D eigenvalue weighted by Gasteiger charge is 2.10. The first-order chi connectivity index (χ1) is 9.59. The number of hydrogen-bond acceptors (Lipinski definition) is 6. The van der Waals surface area contributed by atoms with Crippen molar-refractivity contribution in [2.45, 2.75) is 20.3 Å². The molecule has 1 aromatic carbocycles. The van der Waals surface area contributed by atoms with E-state index in [1.807, 2.05) is 0 Å². The minimum Gasteiger partial charge on any atom is -0.506 e. The van der Waals surface area contributed by atoms with Gasteiger partial charge in [0.1, 0.15) is 11.4 Å². The third kappa shape index (κ3) is 4.06. The number of nitrogens with two attached hydrogens (primary N) is 1. The van der Waals surface area contributed by atoms with E-state index in [1.165, 1.54) is 38.1 Å². The van der Waals surface area contributed by atoms with Gasteiger partial charge in [0.15, 0.2) is 0 Å². The Morgan fingerprint density at radius 2 is 1.95 bits per heavy atom. The van der Waals surface area contributed by atoms with Gasteiger partial charge >= 0.3 is 5.69 Å². The summed E-state index contributed by atoms with van der Waals surface area (Å²) in [4.78, 5) is 11.5. The topological polar surface area (TPSA) is 108 Å². The number of hydrogen-bond donors (Lipinski definition) is 2. The molecule has 3 N–H and O–H groups in total. The number of nitrogen functional groups attached to an aromatic ring is 1. The van der Waals surface area contributed by atoms with Crippen molar-refractivity contribution in [1.29, 1.82) is 0 Å². The predicted molar refractivity (Wildman–Crippen MR) is 79.5 cm³/mol. The zero-order valence-corrected chi connectivity index (χ0v) is 11.2. The molecule has 21 heavy (non-hydrogen) atoms. The molecule has 0 bridgehead atoms. The molecule has 0 spiro atoms. The van der Waals surface area contributed by atoms with Gasteiger partial charge in [-0.15, -0.1) is 0 Å². The number of phenolic OH excluding ortho intramolecular Hbond substituents is 1. The molecule has 3 rings (SSSR count). The molecule has 0 radical (unpaired) electrons. The van der Waals surface area contributed by atoms with Crippen molar-refractivity contribution in [3.05, 3.63) is 28.7 Å². The fourth-order valence-electron chi connectivity index (χ4n) is 1.69. The molecule has 8 nitrogen and oxygen atoms in total. The van der Waals surface area contributed by atoms with Gasteiger partial charge in [0.05, 0.1) is 0 Å². The van der Waals surface area contributed by atoms with Crippen LogP contribution in [0.1, 0.15) is 20.3 Å². The summed E-state index contributed by atoms with van der Waals surface area (Å²) >= 11 is 0. The van der Waals surface area contributed by atoms with Gasteiger partial charge in [0, 0.05) is 25.9 Å². The molecule has 0 amide bonds. The Morgan fingerprint density at radius 1 is 1.29 bits per heavy atom. The van der Waals surface area contributed by atoms with Gasteiger partial charge < -0.3 is 15.6 Å². The van der Waals surface area contributed by atoms with E-state index in [2.05, 4.69) is 10.4 Å². The normalized spacial score (nSPS) is 13.2. The van der Waals surface area contributed by atoms with Crippen LogP contribution in [0.25, 0.3) is 5.69 Å². The summed E-state index contributed by atoms with van der Waals surface area (Å²) in [6.45, 7) is 2.00. The summed E-state index contributed by atoms with van der Waals surface area (Å²) in [5.41, 5.74) is 5.74. The van der Waals surface area contributed by atoms with E-state index >= 15 is 0 Å². The number of aryl methyl sites for hydroxylation is 1. The second kappa shape index (κ2) is 7.44. The van der Waals surface area contributed by atoms with Crippen molar-refractivity contribution < 1.29 is 9.84 Å². The molecule has 1 aromatic heterocycles. The first kappa shape index (κ1) is 16.7. The maximum atomic E-state index is 11.5. The second-order valence-corrected chi connectivity index (χ2v) is 4.36. The van der Waals surface area contributed by atoms with E-state index in [4.69, 9.17) is 10.5 Å². The number of anilines is 1. The maximum Gasteiger partial charge on any atom is 0.368 e. The number of phenols is 1. The summed E-state index contributed by atoms with van der Waals surface area (Å²) in [6, 6.07) is 4.37. The predicted octanol–water partition coefficient (Wildman–Crippen LogP) is 0.687. The number of rotatable bonds is 1. The Bertz CT molecular complexity index is 623. The van der Waals surface area contributed by atoms with Crippen LogP contribution < -0.4 is 11.4 Å². The van der Waals surface area contributed by atoms with Crippen molar-refractivity contribution >= 4 is 5.69 Å². The fraction of sp³-hybridized carbons (Fsp3) is 0.462. The summed E-state index contributed by atoms with van der Waals surface area (Å²) in [5, 5.41) is 16.6. The van der Waals surface area contributed by atoms with Gasteiger partial charge in [0.2, 0.25) is 0 Å². The molecular formula is C13H21N5O3. The highest BCUT2D eigenvalue weighted by molar-refractivity contribution is 5.54. The molecule has 1 saturated heterocycles. The van der Waals surface area contributed by atoms with Crippen molar-refractivity contribution in [1.82, 2.24) is 19.8 Å². The van der Waals surface area contributed by atoms with E-state index < -0.39 is 5.69 Å². The number of nitrogens with zero attached hydrogens (tertiary/aromatic N) is 4. The molecule has 1 aliphatic rings. The third-order valence-electron chi connectivity index (χ3n) is 2.78. The first-order valence-corrected chi connectivity index (χ1v) is 6.25. The largest absolute Gasteiger partial charge is 0.506 e. The van der Waals surface area contributed by atoms with Gasteiger partial charge in [-0.25, -0.2) is 4.79 Å². The molecule has 1 fully saturated rings. The zero-order chi connectivity index (χ0) is 14.5. The Labute approximate surface area is 122 Å². The van der Waals surface area contributed by atoms with Crippen LogP contribution in [-0.2, 0) is 11.8 Å². The first-order valence-electron chi connectivity index (χ1n) is 6.25. The Morgan fingerprint density at radius 3 is 2.43 bits per heavy atom. The van der Waals surface area contributed by atoms with E-state index in [0.29, 0.717) is 5.69 Å². The summed E-state index contributed by atoms with van der Waals surface area (Å²) in [6.07, 6.45) is 2.56. The van der Waals surface area contributed by atoms with Gasteiger partial charge in [-0.2, -0.15) is 9.36 Å². The van der Waals surface area contributed by atoms with Crippen molar-refractivity contribution in [2.75, 3.05) is 18.9 Å². The van der Waals surface area contributed by atoms with Gasteiger partial charge in [-0.05, 0) is 41.5 Å². The molecule has 8 heteroatoms. The lowest BCUT2D eigenvalue weighted by Gasteiger charge is -2.02. The summed E-state index contributed by atoms with van der Waals surface area (Å²) < 4.78 is 6.98. The lowest BCUT2D eigenvalue weighted by atomic mass is 10.2. The molecule has 0 atom stereocenters. The van der Waals surface area contributed by atoms with Crippen LogP contribution in [0.5, 0.6) is 5.75 Å². The van der Waals surface area contributed by atoms with Gasteiger partial charge in [0.25, 0.3) is 0 Å². The molecule has 0 unspecified atom stereocenters. The van der Waals surface area contributed by atoms with Crippen LogP contribution >= 0.6 is 0 Å². The molecule has 1 aliphatic heterocycles. The number of tetrazole rings is 1. The summed E-state index contributed by atoms with van der Waals surface area (Å²) in [5.74, 6) is -0.0770. The third-order valence-corrected chi connectivity index (χ3v) is 2.78. The summed E-state index contributed by atoms with van der Waals surface area (Å²) in [7, 11) is 1.47. The second-order valence-electron chi connectivity index (χ2n) is 4.36. The lowest BCUT2D eigenvalue weighted by Crippen LogP contribution is -2.22. The molecule has 0 aliphatic carbocycles. The van der Waals surface area contributed by atoms with Crippen molar-refractivity contribution in [2.24, 2.45) is 7.05 Å². The van der Waals surface area contributed by atoms with E-state index in [1.54, 1.807) is 0 Å². The Kier molecular flexibility index (Phi) is 5.92. The van der Waals surface area contributed by atoms with Crippen LogP contribution in [0.3, 0.4) is 0 Å². The average Bonchev–Trinajstić information content (AvgIpc) is 3.09. The molecule has 116 valence electrons. The smallest absolute Gasteiger partial charge is 0.368 e. The Hall–Kier alpha value is -2.35. The number of benzene rings is 1. The quantitative estimate of drug-likeness (QED) is 0.592.